The van der Waals surface area contributed by atoms with Crippen molar-refractivity contribution in [2.75, 3.05) is 24.3 Å². The van der Waals surface area contributed by atoms with Crippen molar-refractivity contribution < 1.29 is 0 Å². The summed E-state index contributed by atoms with van der Waals surface area (Å²) in [5.41, 5.74) is 2.74. The van der Waals surface area contributed by atoms with Crippen molar-refractivity contribution in [2.24, 2.45) is 0 Å². The molecular formula is C15H16N4. The van der Waals surface area contributed by atoms with Crippen LogP contribution in [0, 0.1) is 11.3 Å². The SMILES string of the molecule is CNc1cccc(CN(C)c2ccc(C#N)cc2)n1. The Morgan fingerprint density at radius 1 is 1.21 bits per heavy atom. The van der Waals surface area contributed by atoms with Crippen molar-refractivity contribution in [1.82, 2.24) is 4.98 Å². The number of nitriles is 1. The van der Waals surface area contributed by atoms with Gasteiger partial charge in [0, 0.05) is 19.8 Å². The minimum absolute atomic E-state index is 0.674. The summed E-state index contributed by atoms with van der Waals surface area (Å²) in [5.74, 6) is 0.866. The molecule has 2 aromatic rings. The highest BCUT2D eigenvalue weighted by Gasteiger charge is 2.04. The summed E-state index contributed by atoms with van der Waals surface area (Å²) in [6.07, 6.45) is 0. The molecule has 0 amide bonds. The second kappa shape index (κ2) is 5.87. The topological polar surface area (TPSA) is 52.0 Å². The van der Waals surface area contributed by atoms with E-state index in [1.54, 1.807) is 0 Å². The first-order valence-corrected chi connectivity index (χ1v) is 6.08. The van der Waals surface area contributed by atoms with Crippen LogP contribution < -0.4 is 10.2 Å². The molecule has 0 saturated heterocycles. The van der Waals surface area contributed by atoms with E-state index in [-0.39, 0.29) is 0 Å². The lowest BCUT2D eigenvalue weighted by Gasteiger charge is -2.19. The van der Waals surface area contributed by atoms with Gasteiger partial charge in [0.25, 0.3) is 0 Å². The van der Waals surface area contributed by atoms with Crippen molar-refractivity contribution in [3.05, 3.63) is 53.7 Å². The molecule has 4 nitrogen and oxygen atoms in total. The molecular weight excluding hydrogens is 236 g/mol. The molecule has 1 heterocycles. The zero-order valence-corrected chi connectivity index (χ0v) is 11.1. The van der Waals surface area contributed by atoms with Crippen LogP contribution in [0.4, 0.5) is 11.5 Å². The van der Waals surface area contributed by atoms with Crippen LogP contribution in [0.2, 0.25) is 0 Å². The largest absolute Gasteiger partial charge is 0.373 e. The quantitative estimate of drug-likeness (QED) is 0.908. The number of rotatable bonds is 4. The zero-order valence-electron chi connectivity index (χ0n) is 11.1. The monoisotopic (exact) mass is 252 g/mol. The smallest absolute Gasteiger partial charge is 0.126 e. The first kappa shape index (κ1) is 12.9. The molecule has 1 aromatic heterocycles. The average molecular weight is 252 g/mol. The predicted molar refractivity (Wildman–Crippen MR) is 77.0 cm³/mol. The van der Waals surface area contributed by atoms with Crippen LogP contribution in [-0.4, -0.2) is 19.1 Å². The molecule has 0 saturated carbocycles. The van der Waals surface area contributed by atoms with Gasteiger partial charge < -0.3 is 10.2 Å². The molecule has 0 radical (unpaired) electrons. The molecule has 1 N–H and O–H groups in total. The third-order valence-corrected chi connectivity index (χ3v) is 2.90. The number of nitrogens with zero attached hydrogens (tertiary/aromatic N) is 3. The van der Waals surface area contributed by atoms with E-state index in [4.69, 9.17) is 5.26 Å². The van der Waals surface area contributed by atoms with Gasteiger partial charge in [0.2, 0.25) is 0 Å². The number of pyridine rings is 1. The van der Waals surface area contributed by atoms with Gasteiger partial charge in [-0.1, -0.05) is 6.07 Å². The van der Waals surface area contributed by atoms with Gasteiger partial charge in [-0.3, -0.25) is 0 Å². The fraction of sp³-hybridized carbons (Fsp3) is 0.200. The Morgan fingerprint density at radius 2 is 1.95 bits per heavy atom. The van der Waals surface area contributed by atoms with Crippen LogP contribution in [0.15, 0.2) is 42.5 Å². The average Bonchev–Trinajstić information content (AvgIpc) is 2.47. The first-order chi connectivity index (χ1) is 9.22. The van der Waals surface area contributed by atoms with Crippen LogP contribution in [0.1, 0.15) is 11.3 Å². The van der Waals surface area contributed by atoms with Gasteiger partial charge in [0.05, 0.1) is 23.9 Å². The third-order valence-electron chi connectivity index (χ3n) is 2.90. The molecule has 4 heteroatoms. The van der Waals surface area contributed by atoms with Gasteiger partial charge in [-0.2, -0.15) is 5.26 Å². The molecule has 0 aliphatic rings. The van der Waals surface area contributed by atoms with Crippen molar-refractivity contribution >= 4 is 11.5 Å². The van der Waals surface area contributed by atoms with Gasteiger partial charge in [-0.25, -0.2) is 4.98 Å². The van der Waals surface area contributed by atoms with Crippen molar-refractivity contribution in [2.45, 2.75) is 6.54 Å². The summed E-state index contributed by atoms with van der Waals surface area (Å²) in [5, 5.41) is 11.8. The maximum atomic E-state index is 8.78. The molecule has 0 unspecified atom stereocenters. The van der Waals surface area contributed by atoms with E-state index in [0.29, 0.717) is 5.56 Å². The van der Waals surface area contributed by atoms with Gasteiger partial charge in [0.15, 0.2) is 0 Å². The highest BCUT2D eigenvalue weighted by molar-refractivity contribution is 5.49. The number of hydrogen-bond acceptors (Lipinski definition) is 4. The maximum absolute atomic E-state index is 8.78. The van der Waals surface area contributed by atoms with Crippen LogP contribution >= 0.6 is 0 Å². The van der Waals surface area contributed by atoms with E-state index in [1.165, 1.54) is 0 Å². The number of anilines is 2. The summed E-state index contributed by atoms with van der Waals surface area (Å²) < 4.78 is 0. The maximum Gasteiger partial charge on any atom is 0.126 e. The van der Waals surface area contributed by atoms with Crippen LogP contribution in [-0.2, 0) is 6.54 Å². The standard InChI is InChI=1S/C15H16N4/c1-17-15-5-3-4-13(18-15)11-19(2)14-8-6-12(10-16)7-9-14/h3-9H,11H2,1-2H3,(H,17,18). The Labute approximate surface area is 113 Å². The molecule has 0 atom stereocenters. The molecule has 19 heavy (non-hydrogen) atoms. The molecule has 0 spiro atoms. The molecule has 96 valence electrons. The fourth-order valence-electron chi connectivity index (χ4n) is 1.83. The second-order valence-corrected chi connectivity index (χ2v) is 4.28. The summed E-state index contributed by atoms with van der Waals surface area (Å²) in [7, 11) is 3.87. The Balaban J connectivity index is 2.11. The lowest BCUT2D eigenvalue weighted by Crippen LogP contribution is -2.17. The van der Waals surface area contributed by atoms with Crippen molar-refractivity contribution in [3.8, 4) is 6.07 Å². The lowest BCUT2D eigenvalue weighted by atomic mass is 10.2. The Kier molecular flexibility index (Phi) is 3.99. The van der Waals surface area contributed by atoms with E-state index in [9.17, 15) is 0 Å². The van der Waals surface area contributed by atoms with Crippen LogP contribution in [0.3, 0.4) is 0 Å². The summed E-state index contributed by atoms with van der Waals surface area (Å²) in [6, 6.07) is 15.6. The van der Waals surface area contributed by atoms with Gasteiger partial charge in [-0.05, 0) is 36.4 Å². The number of benzene rings is 1. The van der Waals surface area contributed by atoms with E-state index in [0.717, 1.165) is 23.7 Å². The van der Waals surface area contributed by atoms with E-state index < -0.39 is 0 Å². The van der Waals surface area contributed by atoms with Crippen molar-refractivity contribution in [3.63, 3.8) is 0 Å². The Bertz CT molecular complexity index is 584. The highest BCUT2D eigenvalue weighted by atomic mass is 15.1. The van der Waals surface area contributed by atoms with Crippen LogP contribution in [0.25, 0.3) is 0 Å². The second-order valence-electron chi connectivity index (χ2n) is 4.28. The molecule has 2 rings (SSSR count). The fourth-order valence-corrected chi connectivity index (χ4v) is 1.83. The number of hydrogen-bond donors (Lipinski definition) is 1. The van der Waals surface area contributed by atoms with Gasteiger partial charge in [-0.15, -0.1) is 0 Å². The normalized spacial score (nSPS) is 9.74. The van der Waals surface area contributed by atoms with E-state index >= 15 is 0 Å². The Hall–Kier alpha value is -2.54. The first-order valence-electron chi connectivity index (χ1n) is 6.08. The summed E-state index contributed by atoms with van der Waals surface area (Å²) >= 11 is 0. The van der Waals surface area contributed by atoms with Crippen LogP contribution in [0.5, 0.6) is 0 Å². The highest BCUT2D eigenvalue weighted by Crippen LogP contribution is 2.16. The molecule has 0 aliphatic carbocycles. The number of aromatic nitrogens is 1. The predicted octanol–water partition coefficient (Wildman–Crippen LogP) is 2.63. The van der Waals surface area contributed by atoms with Crippen molar-refractivity contribution in [1.29, 1.82) is 5.26 Å². The molecule has 0 aliphatic heterocycles. The zero-order chi connectivity index (χ0) is 13.7. The van der Waals surface area contributed by atoms with E-state index in [2.05, 4.69) is 21.3 Å². The van der Waals surface area contributed by atoms with Gasteiger partial charge >= 0.3 is 0 Å². The number of nitrogens with one attached hydrogen (secondary N) is 1. The molecule has 1 aromatic carbocycles. The summed E-state index contributed by atoms with van der Waals surface area (Å²) in [6.45, 7) is 0.724. The Morgan fingerprint density at radius 3 is 2.58 bits per heavy atom. The lowest BCUT2D eigenvalue weighted by molar-refractivity contribution is 0.886. The summed E-state index contributed by atoms with van der Waals surface area (Å²) in [4.78, 5) is 6.59. The molecule has 0 bridgehead atoms. The molecule has 0 fully saturated rings. The van der Waals surface area contributed by atoms with Gasteiger partial charge in [0.1, 0.15) is 5.82 Å². The van der Waals surface area contributed by atoms with E-state index in [1.807, 2.05) is 56.6 Å². The minimum atomic E-state index is 0.674. The third kappa shape index (κ3) is 3.23. The minimum Gasteiger partial charge on any atom is -0.373 e.